The molecule has 2 amide bonds. The molecule has 3 rings (SSSR count). The number of urea groups is 1. The maximum absolute atomic E-state index is 14.0. The highest BCUT2D eigenvalue weighted by Gasteiger charge is 2.34. The Morgan fingerprint density at radius 3 is 2.45 bits per heavy atom. The van der Waals surface area contributed by atoms with Gasteiger partial charge in [0, 0.05) is 63.6 Å². The topological polar surface area (TPSA) is 71.7 Å². The number of alkyl halides is 3. The van der Waals surface area contributed by atoms with Crippen LogP contribution in [0.5, 0.6) is 0 Å². The van der Waals surface area contributed by atoms with Crippen LogP contribution in [-0.4, -0.2) is 74.2 Å². The fourth-order valence-corrected chi connectivity index (χ4v) is 5.40. The first-order valence-corrected chi connectivity index (χ1v) is 13.8. The van der Waals surface area contributed by atoms with Crippen LogP contribution in [0.4, 0.5) is 23.7 Å². The van der Waals surface area contributed by atoms with Gasteiger partial charge in [-0.15, -0.1) is 0 Å². The molecule has 0 radical (unpaired) electrons. The van der Waals surface area contributed by atoms with Gasteiger partial charge < -0.3 is 26.2 Å². The number of benzene rings is 1. The molecule has 1 aliphatic carbocycles. The van der Waals surface area contributed by atoms with Gasteiger partial charge in [-0.3, -0.25) is 4.90 Å². The monoisotopic (exact) mass is 538 g/mol. The highest BCUT2D eigenvalue weighted by atomic mass is 19.4. The fraction of sp³-hybridized carbons (Fsp3) is 0.679. The molecule has 10 heteroatoms. The van der Waals surface area contributed by atoms with Crippen molar-refractivity contribution in [2.45, 2.75) is 83.2 Å². The molecule has 1 aromatic carbocycles. The molecular weight excluding hydrogens is 493 g/mol. The van der Waals surface area contributed by atoms with Crippen LogP contribution in [0, 0.1) is 0 Å². The van der Waals surface area contributed by atoms with E-state index in [1.807, 2.05) is 32.1 Å². The molecular formula is C28H45F3N6O. The zero-order valence-electron chi connectivity index (χ0n) is 23.3. The van der Waals surface area contributed by atoms with Gasteiger partial charge in [0.2, 0.25) is 0 Å². The first-order chi connectivity index (χ1) is 18.0. The molecule has 214 valence electrons. The van der Waals surface area contributed by atoms with Gasteiger partial charge in [-0.25, -0.2) is 4.79 Å². The van der Waals surface area contributed by atoms with Gasteiger partial charge in [0.05, 0.1) is 5.56 Å². The predicted molar refractivity (Wildman–Crippen MR) is 147 cm³/mol. The molecule has 0 spiro atoms. The smallest absolute Gasteiger partial charge is 0.394 e. The van der Waals surface area contributed by atoms with Crippen molar-refractivity contribution in [2.75, 3.05) is 45.6 Å². The molecule has 7 nitrogen and oxygen atoms in total. The van der Waals surface area contributed by atoms with Gasteiger partial charge in [0.15, 0.2) is 0 Å². The van der Waals surface area contributed by atoms with E-state index in [0.29, 0.717) is 12.5 Å². The van der Waals surface area contributed by atoms with Crippen molar-refractivity contribution in [1.82, 2.24) is 25.8 Å². The first kappa shape index (κ1) is 30.2. The molecule has 1 saturated carbocycles. The predicted octanol–water partition coefficient (Wildman–Crippen LogP) is 4.77. The van der Waals surface area contributed by atoms with E-state index < -0.39 is 17.8 Å². The van der Waals surface area contributed by atoms with E-state index in [1.165, 1.54) is 25.3 Å². The molecule has 2 atom stereocenters. The van der Waals surface area contributed by atoms with Crippen LogP contribution >= 0.6 is 0 Å². The lowest BCUT2D eigenvalue weighted by atomic mass is 9.93. The zero-order valence-corrected chi connectivity index (χ0v) is 23.3. The SMILES string of the molecule is CN/C=C(\C)C[C@@H](NC(=O)Nc1ccc(CN2CCN(C)CC2)c(C(F)(F)F)c1)C(C)NC1CCCCC1. The average Bonchev–Trinajstić information content (AvgIpc) is 2.86. The van der Waals surface area contributed by atoms with Crippen LogP contribution < -0.4 is 21.3 Å². The molecule has 0 aromatic heterocycles. The summed E-state index contributed by atoms with van der Waals surface area (Å²) in [6.45, 7) is 7.40. The van der Waals surface area contributed by atoms with Crippen molar-refractivity contribution in [3.8, 4) is 0 Å². The summed E-state index contributed by atoms with van der Waals surface area (Å²) in [6, 6.07) is 3.79. The van der Waals surface area contributed by atoms with Crippen molar-refractivity contribution in [3.63, 3.8) is 0 Å². The molecule has 1 aliphatic heterocycles. The van der Waals surface area contributed by atoms with E-state index >= 15 is 0 Å². The van der Waals surface area contributed by atoms with Crippen LogP contribution in [0.25, 0.3) is 0 Å². The number of nitrogens with one attached hydrogen (secondary N) is 4. The second-order valence-electron chi connectivity index (χ2n) is 10.9. The summed E-state index contributed by atoms with van der Waals surface area (Å²) in [4.78, 5) is 17.2. The van der Waals surface area contributed by atoms with Gasteiger partial charge in [-0.05, 0) is 64.1 Å². The minimum Gasteiger partial charge on any atom is -0.394 e. The number of carbonyl (C=O) groups excluding carboxylic acids is 1. The van der Waals surface area contributed by atoms with Crippen molar-refractivity contribution in [1.29, 1.82) is 0 Å². The van der Waals surface area contributed by atoms with Gasteiger partial charge in [0.25, 0.3) is 0 Å². The van der Waals surface area contributed by atoms with Crippen LogP contribution in [0.3, 0.4) is 0 Å². The quantitative estimate of drug-likeness (QED) is 0.346. The molecule has 4 N–H and O–H groups in total. The molecule has 2 fully saturated rings. The minimum absolute atomic E-state index is 0.000700. The number of nitrogens with zero attached hydrogens (tertiary/aromatic N) is 2. The number of anilines is 1. The number of rotatable bonds is 10. The molecule has 1 saturated heterocycles. The highest BCUT2D eigenvalue weighted by Crippen LogP contribution is 2.34. The standard InChI is InChI=1S/C28H45F3N6O/c1-20(18-32-3)16-26(21(2)33-23-8-6-5-7-9-23)35-27(38)34-24-11-10-22(25(17-24)28(29,30)31)19-37-14-12-36(4)13-15-37/h10-11,17-18,21,23,26,32-33H,5-9,12-16,19H2,1-4H3,(H2,34,35,38)/b20-18+/t21?,26-/m1/s1. The first-order valence-electron chi connectivity index (χ1n) is 13.8. The summed E-state index contributed by atoms with van der Waals surface area (Å²) in [5, 5.41) is 12.4. The second-order valence-corrected chi connectivity index (χ2v) is 10.9. The molecule has 2 aliphatic rings. The maximum atomic E-state index is 14.0. The van der Waals surface area contributed by atoms with Crippen LogP contribution in [0.1, 0.15) is 63.5 Å². The van der Waals surface area contributed by atoms with Crippen LogP contribution in [-0.2, 0) is 12.7 Å². The molecule has 38 heavy (non-hydrogen) atoms. The summed E-state index contributed by atoms with van der Waals surface area (Å²) in [5.74, 6) is 0. The Balaban J connectivity index is 1.69. The summed E-state index contributed by atoms with van der Waals surface area (Å²) in [6.07, 6.45) is 3.91. The normalized spacial score (nSPS) is 20.1. The third kappa shape index (κ3) is 9.47. The number of likely N-dealkylation sites (N-methyl/N-ethyl adjacent to an activating group) is 1. The summed E-state index contributed by atoms with van der Waals surface area (Å²) in [5.41, 5.74) is 0.726. The lowest BCUT2D eigenvalue weighted by Gasteiger charge is -2.33. The number of amides is 2. The molecule has 1 unspecified atom stereocenters. The second kappa shape index (κ2) is 14.2. The van der Waals surface area contributed by atoms with E-state index in [2.05, 4.69) is 33.1 Å². The van der Waals surface area contributed by atoms with Gasteiger partial charge >= 0.3 is 12.2 Å². The zero-order chi connectivity index (χ0) is 27.7. The van der Waals surface area contributed by atoms with Gasteiger partial charge in [0.1, 0.15) is 0 Å². The average molecular weight is 539 g/mol. The Hall–Kier alpha value is -2.30. The minimum atomic E-state index is -4.51. The largest absolute Gasteiger partial charge is 0.416 e. The van der Waals surface area contributed by atoms with Crippen LogP contribution in [0.2, 0.25) is 0 Å². The van der Waals surface area contributed by atoms with E-state index in [4.69, 9.17) is 0 Å². The van der Waals surface area contributed by atoms with E-state index in [0.717, 1.165) is 50.7 Å². The molecule has 0 bridgehead atoms. The fourth-order valence-electron chi connectivity index (χ4n) is 5.40. The number of hydrogen-bond donors (Lipinski definition) is 4. The molecule has 1 heterocycles. The van der Waals surface area contributed by atoms with Crippen LogP contribution in [0.15, 0.2) is 30.0 Å². The van der Waals surface area contributed by atoms with E-state index in [1.54, 1.807) is 6.07 Å². The Bertz CT molecular complexity index is 924. The van der Waals surface area contributed by atoms with Gasteiger partial charge in [-0.2, -0.15) is 13.2 Å². The summed E-state index contributed by atoms with van der Waals surface area (Å²) in [7, 11) is 3.84. The summed E-state index contributed by atoms with van der Waals surface area (Å²) >= 11 is 0. The van der Waals surface area contributed by atoms with E-state index in [-0.39, 0.29) is 29.9 Å². The lowest BCUT2D eigenvalue weighted by Crippen LogP contribution is -2.52. The number of hydrogen-bond acceptors (Lipinski definition) is 5. The maximum Gasteiger partial charge on any atom is 0.416 e. The van der Waals surface area contributed by atoms with Crippen molar-refractivity contribution < 1.29 is 18.0 Å². The number of halogens is 3. The third-order valence-electron chi connectivity index (χ3n) is 7.62. The Morgan fingerprint density at radius 2 is 1.82 bits per heavy atom. The lowest BCUT2D eigenvalue weighted by molar-refractivity contribution is -0.138. The van der Waals surface area contributed by atoms with Gasteiger partial charge in [-0.1, -0.05) is 30.9 Å². The number of piperazine rings is 1. The van der Waals surface area contributed by atoms with Crippen molar-refractivity contribution in [2.24, 2.45) is 0 Å². The molecule has 1 aromatic rings. The summed E-state index contributed by atoms with van der Waals surface area (Å²) < 4.78 is 41.9. The third-order valence-corrected chi connectivity index (χ3v) is 7.62. The highest BCUT2D eigenvalue weighted by molar-refractivity contribution is 5.89. The van der Waals surface area contributed by atoms with E-state index in [9.17, 15) is 18.0 Å². The Labute approximate surface area is 225 Å². The Morgan fingerprint density at radius 1 is 1.13 bits per heavy atom. The Kier molecular flexibility index (Phi) is 11.3. The number of carbonyl (C=O) groups is 1. The van der Waals surface area contributed by atoms with Crippen molar-refractivity contribution >= 4 is 11.7 Å². The van der Waals surface area contributed by atoms with Crippen molar-refractivity contribution in [3.05, 3.63) is 41.1 Å².